The standard InChI is InChI=1S/C24H30N2O2/c1-28-22-10-5-9-21(17-22)23-11-6-14-26(23)24(27)18-25-15-12-20(13-16-25)19-7-3-2-4-8-19/h2-5,7-10,17,20,23H,6,11-16,18H2,1H3/t23-/m1/s1. The smallest absolute Gasteiger partial charge is 0.237 e. The van der Waals surface area contributed by atoms with Crippen LogP contribution >= 0.6 is 0 Å². The van der Waals surface area contributed by atoms with Crippen molar-refractivity contribution in [3.63, 3.8) is 0 Å². The van der Waals surface area contributed by atoms with E-state index in [2.05, 4.69) is 52.3 Å². The van der Waals surface area contributed by atoms with Crippen LogP contribution in [0.2, 0.25) is 0 Å². The van der Waals surface area contributed by atoms with E-state index in [0.29, 0.717) is 12.5 Å². The van der Waals surface area contributed by atoms with Crippen molar-refractivity contribution in [2.75, 3.05) is 33.3 Å². The Hall–Kier alpha value is -2.33. The first-order valence-corrected chi connectivity index (χ1v) is 10.5. The molecule has 148 valence electrons. The monoisotopic (exact) mass is 378 g/mol. The van der Waals surface area contributed by atoms with Crippen LogP contribution in [-0.4, -0.2) is 49.0 Å². The second-order valence-electron chi connectivity index (χ2n) is 7.98. The lowest BCUT2D eigenvalue weighted by atomic mass is 9.89. The van der Waals surface area contributed by atoms with Gasteiger partial charge >= 0.3 is 0 Å². The minimum absolute atomic E-state index is 0.185. The number of likely N-dealkylation sites (tertiary alicyclic amines) is 2. The zero-order chi connectivity index (χ0) is 19.3. The third-order valence-electron chi connectivity index (χ3n) is 6.27. The van der Waals surface area contributed by atoms with Crippen molar-refractivity contribution in [3.8, 4) is 5.75 Å². The lowest BCUT2D eigenvalue weighted by molar-refractivity contribution is -0.133. The van der Waals surface area contributed by atoms with Crippen molar-refractivity contribution in [2.24, 2.45) is 0 Å². The van der Waals surface area contributed by atoms with E-state index in [0.717, 1.165) is 51.1 Å². The Kier molecular flexibility index (Phi) is 5.96. The second kappa shape index (κ2) is 8.78. The summed E-state index contributed by atoms with van der Waals surface area (Å²) in [5.41, 5.74) is 2.62. The maximum atomic E-state index is 13.1. The van der Waals surface area contributed by atoms with Gasteiger partial charge in [0.1, 0.15) is 5.75 Å². The third kappa shape index (κ3) is 4.22. The molecule has 0 unspecified atom stereocenters. The number of carbonyl (C=O) groups excluding carboxylic acids is 1. The SMILES string of the molecule is COc1cccc([C@H]2CCCN2C(=O)CN2CCC(c3ccccc3)CC2)c1. The number of ether oxygens (including phenoxy) is 1. The van der Waals surface area contributed by atoms with E-state index in [1.807, 2.05) is 12.1 Å². The number of hydrogen-bond acceptors (Lipinski definition) is 3. The molecule has 0 aliphatic carbocycles. The van der Waals surface area contributed by atoms with Crippen LogP contribution in [-0.2, 0) is 4.79 Å². The minimum atomic E-state index is 0.185. The molecule has 28 heavy (non-hydrogen) atoms. The summed E-state index contributed by atoms with van der Waals surface area (Å²) >= 11 is 0. The van der Waals surface area contributed by atoms with Crippen molar-refractivity contribution < 1.29 is 9.53 Å². The van der Waals surface area contributed by atoms with E-state index >= 15 is 0 Å². The molecule has 2 fully saturated rings. The van der Waals surface area contributed by atoms with Crippen molar-refractivity contribution in [2.45, 2.75) is 37.6 Å². The highest BCUT2D eigenvalue weighted by atomic mass is 16.5. The number of rotatable bonds is 5. The predicted molar refractivity (Wildman–Crippen MR) is 112 cm³/mol. The Bertz CT molecular complexity index is 784. The Morgan fingerprint density at radius 3 is 2.46 bits per heavy atom. The molecule has 0 radical (unpaired) electrons. The van der Waals surface area contributed by atoms with E-state index in [4.69, 9.17) is 4.74 Å². The summed E-state index contributed by atoms with van der Waals surface area (Å²) in [7, 11) is 1.69. The number of methoxy groups -OCH3 is 1. The van der Waals surface area contributed by atoms with Gasteiger partial charge in [0.2, 0.25) is 5.91 Å². The quantitative estimate of drug-likeness (QED) is 0.780. The van der Waals surface area contributed by atoms with E-state index < -0.39 is 0 Å². The van der Waals surface area contributed by atoms with Gasteiger partial charge in [0.05, 0.1) is 19.7 Å². The van der Waals surface area contributed by atoms with Gasteiger partial charge < -0.3 is 9.64 Å². The fraction of sp³-hybridized carbons (Fsp3) is 0.458. The Morgan fingerprint density at radius 1 is 0.964 bits per heavy atom. The summed E-state index contributed by atoms with van der Waals surface area (Å²) in [5.74, 6) is 1.76. The first-order chi connectivity index (χ1) is 13.7. The molecule has 4 rings (SSSR count). The van der Waals surface area contributed by atoms with Gasteiger partial charge in [-0.3, -0.25) is 9.69 Å². The second-order valence-corrected chi connectivity index (χ2v) is 7.98. The molecule has 2 aliphatic rings. The van der Waals surface area contributed by atoms with Gasteiger partial charge in [0, 0.05) is 6.54 Å². The highest BCUT2D eigenvalue weighted by Crippen LogP contribution is 2.34. The fourth-order valence-electron chi connectivity index (χ4n) is 4.69. The van der Waals surface area contributed by atoms with E-state index in [9.17, 15) is 4.79 Å². The highest BCUT2D eigenvalue weighted by molar-refractivity contribution is 5.79. The molecule has 1 amide bonds. The predicted octanol–water partition coefficient (Wildman–Crippen LogP) is 4.24. The summed E-state index contributed by atoms with van der Waals surface area (Å²) in [6.07, 6.45) is 4.38. The van der Waals surface area contributed by atoms with E-state index in [-0.39, 0.29) is 11.9 Å². The maximum Gasteiger partial charge on any atom is 0.237 e. The highest BCUT2D eigenvalue weighted by Gasteiger charge is 2.31. The molecule has 2 aromatic carbocycles. The van der Waals surface area contributed by atoms with E-state index in [1.54, 1.807) is 7.11 Å². The van der Waals surface area contributed by atoms with Crippen LogP contribution in [0.3, 0.4) is 0 Å². The number of piperidine rings is 1. The first-order valence-electron chi connectivity index (χ1n) is 10.5. The molecule has 2 aromatic rings. The topological polar surface area (TPSA) is 32.8 Å². The first kappa shape index (κ1) is 19.0. The maximum absolute atomic E-state index is 13.1. The van der Waals surface area contributed by atoms with Crippen LogP contribution in [0.25, 0.3) is 0 Å². The molecule has 4 heteroatoms. The lowest BCUT2D eigenvalue weighted by Crippen LogP contribution is -2.43. The molecule has 0 saturated carbocycles. The average Bonchev–Trinajstić information content (AvgIpc) is 3.25. The van der Waals surface area contributed by atoms with Gasteiger partial charge in [-0.2, -0.15) is 0 Å². The molecular weight excluding hydrogens is 348 g/mol. The van der Waals surface area contributed by atoms with Crippen molar-refractivity contribution in [1.82, 2.24) is 9.80 Å². The number of nitrogens with zero attached hydrogens (tertiary/aromatic N) is 2. The number of benzene rings is 2. The zero-order valence-electron chi connectivity index (χ0n) is 16.7. The van der Waals surface area contributed by atoms with Gasteiger partial charge in [0.25, 0.3) is 0 Å². The summed E-state index contributed by atoms with van der Waals surface area (Å²) in [6.45, 7) is 3.41. The Morgan fingerprint density at radius 2 is 1.71 bits per heavy atom. The van der Waals surface area contributed by atoms with Crippen LogP contribution in [0.15, 0.2) is 54.6 Å². The summed E-state index contributed by atoms with van der Waals surface area (Å²) in [4.78, 5) is 17.5. The van der Waals surface area contributed by atoms with Crippen molar-refractivity contribution in [1.29, 1.82) is 0 Å². The van der Waals surface area contributed by atoms with Gasteiger partial charge in [-0.25, -0.2) is 0 Å². The molecule has 1 atom stereocenters. The summed E-state index contributed by atoms with van der Waals surface area (Å²) < 4.78 is 5.37. The molecule has 2 aliphatic heterocycles. The lowest BCUT2D eigenvalue weighted by Gasteiger charge is -2.34. The van der Waals surface area contributed by atoms with Gasteiger partial charge in [-0.15, -0.1) is 0 Å². The largest absolute Gasteiger partial charge is 0.497 e. The van der Waals surface area contributed by atoms with Crippen molar-refractivity contribution >= 4 is 5.91 Å². The molecule has 4 nitrogen and oxygen atoms in total. The number of hydrogen-bond donors (Lipinski definition) is 0. The summed E-state index contributed by atoms with van der Waals surface area (Å²) in [6, 6.07) is 19.1. The van der Waals surface area contributed by atoms with Gasteiger partial charge in [-0.1, -0.05) is 42.5 Å². The zero-order valence-corrected chi connectivity index (χ0v) is 16.7. The number of amides is 1. The third-order valence-corrected chi connectivity index (χ3v) is 6.27. The molecule has 0 spiro atoms. The molecule has 2 saturated heterocycles. The Labute approximate surface area is 168 Å². The Balaban J connectivity index is 1.34. The molecule has 0 N–H and O–H groups in total. The minimum Gasteiger partial charge on any atom is -0.497 e. The molecule has 0 aromatic heterocycles. The van der Waals surface area contributed by atoms with Crippen molar-refractivity contribution in [3.05, 3.63) is 65.7 Å². The van der Waals surface area contributed by atoms with Crippen LogP contribution in [0, 0.1) is 0 Å². The van der Waals surface area contributed by atoms with Gasteiger partial charge in [0.15, 0.2) is 0 Å². The average molecular weight is 379 g/mol. The number of carbonyl (C=O) groups is 1. The van der Waals surface area contributed by atoms with Crippen LogP contribution in [0.4, 0.5) is 0 Å². The van der Waals surface area contributed by atoms with Crippen LogP contribution in [0.5, 0.6) is 5.75 Å². The molecule has 2 heterocycles. The van der Waals surface area contributed by atoms with E-state index in [1.165, 1.54) is 11.1 Å². The fourth-order valence-corrected chi connectivity index (χ4v) is 4.69. The van der Waals surface area contributed by atoms with Gasteiger partial charge in [-0.05, 0) is 68.0 Å². The summed E-state index contributed by atoms with van der Waals surface area (Å²) in [5, 5.41) is 0. The van der Waals surface area contributed by atoms with Crippen LogP contribution < -0.4 is 4.74 Å². The normalized spacial score (nSPS) is 21.0. The molecule has 0 bridgehead atoms. The molecular formula is C24H30N2O2. The van der Waals surface area contributed by atoms with Crippen LogP contribution in [0.1, 0.15) is 48.8 Å².